The van der Waals surface area contributed by atoms with Crippen molar-refractivity contribution in [3.8, 4) is 11.3 Å². The van der Waals surface area contributed by atoms with Gasteiger partial charge in [0.1, 0.15) is 11.2 Å². The van der Waals surface area contributed by atoms with E-state index in [-0.39, 0.29) is 21.5 Å². The minimum Gasteiger partial charge on any atom is -0.748 e. The van der Waals surface area contributed by atoms with E-state index in [0.717, 1.165) is 47.4 Å². The second-order valence-electron chi connectivity index (χ2n) is 7.58. The number of hydrogen-bond acceptors (Lipinski definition) is 7. The molecule has 0 unspecified atom stereocenters. The molecule has 4 aromatic rings. The maximum Gasteiger partial charge on any atom is 0.135 e. The van der Waals surface area contributed by atoms with Gasteiger partial charge in [0, 0.05) is 70.0 Å². The Morgan fingerprint density at radius 2 is 1.61 bits per heavy atom. The molecular formula is C23H33IrNO6SSi-2. The zero-order valence-corrected chi connectivity index (χ0v) is 23.6. The average molecular weight is 675 g/mol. The SMILES string of the molecule is CO.CO.CS(=O)(=O)[O-].C[Si](C)(C)c1ccc[c-]c1-c1cc2oc3ccccc3c2cn1.[2HH].[2H][2H].[Ir]. The van der Waals surface area contributed by atoms with Crippen molar-refractivity contribution in [3.05, 3.63) is 60.8 Å². The normalized spacial score (nSPS) is 10.8. The second kappa shape index (κ2) is 13.7. The molecule has 0 spiro atoms. The molecule has 0 aliphatic carbocycles. The molecule has 2 N–H and O–H groups in total. The van der Waals surface area contributed by atoms with Crippen LogP contribution in [0.25, 0.3) is 33.2 Å². The van der Waals surface area contributed by atoms with Crippen LogP contribution in [0.1, 0.15) is 4.40 Å². The van der Waals surface area contributed by atoms with Gasteiger partial charge in [-0.2, -0.15) is 0 Å². The van der Waals surface area contributed by atoms with Gasteiger partial charge in [0.2, 0.25) is 0 Å². The van der Waals surface area contributed by atoms with Crippen molar-refractivity contribution in [1.82, 2.24) is 4.98 Å². The van der Waals surface area contributed by atoms with Crippen LogP contribution in [0.2, 0.25) is 19.6 Å². The molecule has 4 rings (SSSR count). The average Bonchev–Trinajstić information content (AvgIpc) is 3.19. The minimum absolute atomic E-state index is 0. The molecule has 0 aliphatic rings. The third-order valence-corrected chi connectivity index (χ3v) is 6.22. The Hall–Kier alpha value is -1.91. The fourth-order valence-corrected chi connectivity index (χ4v) is 4.58. The van der Waals surface area contributed by atoms with Gasteiger partial charge in [0.05, 0.1) is 10.1 Å². The van der Waals surface area contributed by atoms with Crippen molar-refractivity contribution < 1.29 is 52.1 Å². The van der Waals surface area contributed by atoms with Gasteiger partial charge in [-0.05, 0) is 17.8 Å². The number of aliphatic hydroxyl groups is 2. The number of furan rings is 1. The first-order valence-corrected chi connectivity index (χ1v) is 14.9. The van der Waals surface area contributed by atoms with Crippen LogP contribution in [0.3, 0.4) is 0 Å². The first kappa shape index (κ1) is 29.1. The summed E-state index contributed by atoms with van der Waals surface area (Å²) in [6, 6.07) is 19.8. The van der Waals surface area contributed by atoms with Crippen molar-refractivity contribution >= 4 is 45.3 Å². The van der Waals surface area contributed by atoms with E-state index in [9.17, 15) is 0 Å². The van der Waals surface area contributed by atoms with Crippen molar-refractivity contribution in [2.75, 3.05) is 20.5 Å². The van der Waals surface area contributed by atoms with Crippen molar-refractivity contribution in [3.63, 3.8) is 0 Å². The summed E-state index contributed by atoms with van der Waals surface area (Å²) < 4.78 is 43.2. The van der Waals surface area contributed by atoms with E-state index in [1.165, 1.54) is 5.19 Å². The molecular weight excluding hydrogens is 639 g/mol. The molecule has 0 bridgehead atoms. The largest absolute Gasteiger partial charge is 0.748 e. The van der Waals surface area contributed by atoms with Crippen LogP contribution in [-0.2, 0) is 30.2 Å². The van der Waals surface area contributed by atoms with E-state index in [1.807, 2.05) is 36.5 Å². The smallest absolute Gasteiger partial charge is 0.135 e. The number of nitrogens with zero attached hydrogens (tertiary/aromatic N) is 1. The second-order valence-corrected chi connectivity index (χ2v) is 14.0. The number of pyridine rings is 1. The molecule has 33 heavy (non-hydrogen) atoms. The third-order valence-electron chi connectivity index (χ3n) is 4.18. The van der Waals surface area contributed by atoms with Crippen LogP contribution in [0.4, 0.5) is 0 Å². The van der Waals surface area contributed by atoms with Crippen LogP contribution >= 0.6 is 0 Å². The Kier molecular flexibility index (Phi) is 12.1. The fourth-order valence-electron chi connectivity index (χ4n) is 3.03. The standard InChI is InChI=1S/C20H18NOSi.CH4O3S.2CH4O.Ir.2H2/c1-23(2,3)20-11-7-5-9-15(20)17-12-19-16(13-21-17)14-8-4-6-10-18(14)22-19;1-5(2,3)4;2*1-2;;;/h4-8,10-13H,1-3H3;1H3,(H,2,3,4);2*2H,1H3;;2*1H/q-1;;;;;;/p-1/i;;;;;1+1D;1+1. The van der Waals surface area contributed by atoms with E-state index < -0.39 is 18.2 Å². The summed E-state index contributed by atoms with van der Waals surface area (Å²) in [5.41, 5.74) is 3.84. The topological polar surface area (TPSA) is 124 Å². The van der Waals surface area contributed by atoms with E-state index in [1.54, 1.807) is 0 Å². The van der Waals surface area contributed by atoms with Gasteiger partial charge in [-0.25, -0.2) is 8.42 Å². The number of benzene rings is 2. The van der Waals surface area contributed by atoms with Crippen LogP contribution in [0, 0.1) is 6.07 Å². The molecule has 0 saturated carbocycles. The summed E-state index contributed by atoms with van der Waals surface area (Å²) in [6.07, 6.45) is 2.53. The van der Waals surface area contributed by atoms with Gasteiger partial charge >= 0.3 is 0 Å². The van der Waals surface area contributed by atoms with E-state index in [4.69, 9.17) is 35.6 Å². The molecule has 2 heterocycles. The van der Waals surface area contributed by atoms with E-state index in [0.29, 0.717) is 6.26 Å². The monoisotopic (exact) mass is 675 g/mol. The van der Waals surface area contributed by atoms with Crippen molar-refractivity contribution in [2.45, 2.75) is 19.6 Å². The zero-order valence-electron chi connectivity index (χ0n) is 21.4. The number of aromatic nitrogens is 1. The van der Waals surface area contributed by atoms with Crippen molar-refractivity contribution in [1.29, 1.82) is 0 Å². The van der Waals surface area contributed by atoms with Gasteiger partial charge < -0.3 is 24.2 Å². The molecule has 0 amide bonds. The predicted molar refractivity (Wildman–Crippen MR) is 135 cm³/mol. The summed E-state index contributed by atoms with van der Waals surface area (Å²) in [7, 11) is -3.38. The van der Waals surface area contributed by atoms with E-state index in [2.05, 4.69) is 43.9 Å². The Balaban J connectivity index is -0.000000732. The number of aliphatic hydroxyl groups excluding tert-OH is 2. The number of rotatable bonds is 2. The summed E-state index contributed by atoms with van der Waals surface area (Å²) in [6.45, 7) is 7.04. The molecule has 0 atom stereocenters. The summed E-state index contributed by atoms with van der Waals surface area (Å²) >= 11 is 0. The molecule has 187 valence electrons. The van der Waals surface area contributed by atoms with Gasteiger partial charge in [-0.1, -0.05) is 37.8 Å². The van der Waals surface area contributed by atoms with Crippen molar-refractivity contribution in [2.24, 2.45) is 0 Å². The Morgan fingerprint density at radius 3 is 2.18 bits per heavy atom. The van der Waals surface area contributed by atoms with Crippen LogP contribution in [-0.4, -0.2) is 56.7 Å². The number of hydrogen-bond donors (Lipinski definition) is 2. The summed E-state index contributed by atoms with van der Waals surface area (Å²) in [5, 5.41) is 17.6. The van der Waals surface area contributed by atoms with E-state index >= 15 is 0 Å². The van der Waals surface area contributed by atoms with Crippen LogP contribution < -0.4 is 5.19 Å². The zero-order chi connectivity index (χ0) is 26.5. The van der Waals surface area contributed by atoms with Crippen LogP contribution in [0.5, 0.6) is 0 Å². The Bertz CT molecular complexity index is 1260. The van der Waals surface area contributed by atoms with Gasteiger partial charge in [-0.15, -0.1) is 35.0 Å². The van der Waals surface area contributed by atoms with Gasteiger partial charge in [-0.3, -0.25) is 0 Å². The maximum atomic E-state index is 9.08. The summed E-state index contributed by atoms with van der Waals surface area (Å²) in [5.74, 6) is 0. The molecule has 0 saturated heterocycles. The molecule has 0 aliphatic heterocycles. The molecule has 0 fully saturated rings. The minimum atomic E-state index is -3.92. The Labute approximate surface area is 214 Å². The Morgan fingerprint density at radius 1 is 1.03 bits per heavy atom. The number of fused-ring (bicyclic) bond motifs is 3. The van der Waals surface area contributed by atoms with Gasteiger partial charge in [0.15, 0.2) is 0 Å². The maximum absolute atomic E-state index is 9.08. The molecule has 1 radical (unpaired) electrons. The fraction of sp³-hybridized carbons (Fsp3) is 0.261. The molecule has 2 aromatic carbocycles. The van der Waals surface area contributed by atoms with Gasteiger partial charge in [0.25, 0.3) is 0 Å². The molecule has 2 aromatic heterocycles. The number of para-hydroxylation sites is 1. The third kappa shape index (κ3) is 9.09. The predicted octanol–water partition coefficient (Wildman–Crippen LogP) is 3.86. The first-order valence-electron chi connectivity index (χ1n) is 10.6. The quantitative estimate of drug-likeness (QED) is 0.188. The van der Waals surface area contributed by atoms with Crippen LogP contribution in [0.15, 0.2) is 59.1 Å². The summed E-state index contributed by atoms with van der Waals surface area (Å²) in [4.78, 5) is 4.70. The molecule has 10 heteroatoms. The molecule has 7 nitrogen and oxygen atoms in total. The first-order chi connectivity index (χ1) is 16.0.